The maximum atomic E-state index is 13.3. The zero-order valence-electron chi connectivity index (χ0n) is 12.9. The number of β-amino-alcohol motifs (C(OH)–C–C–N with tert-alkyl or cyclic N) is 1. The number of hydrogen-bond donors (Lipinski definition) is 1. The third kappa shape index (κ3) is 3.26. The molecule has 1 aromatic carbocycles. The number of ether oxygens (including phenoxy) is 1. The maximum Gasteiger partial charge on any atom is 0.416 e. The van der Waals surface area contributed by atoms with Crippen LogP contribution in [-0.2, 0) is 15.7 Å². The standard InChI is InChI=1S/C17H18F3NO3/c18-17(19,20)14-6-2-1-5-13(14)15-8-12(22)9-21(15)16(23)11-4-3-7-24-10-11/h1-2,5-6,10,12,15,22H,3-4,7-9H2/t12-,15-/m1/s1. The van der Waals surface area contributed by atoms with Crippen LogP contribution in [0.5, 0.6) is 0 Å². The van der Waals surface area contributed by atoms with Crippen LogP contribution in [-0.4, -0.2) is 35.2 Å². The third-order valence-electron chi connectivity index (χ3n) is 4.37. The van der Waals surface area contributed by atoms with Crippen LogP contribution in [0.1, 0.15) is 36.4 Å². The Bertz CT molecular complexity index is 657. The number of likely N-dealkylation sites (tertiary alicyclic amines) is 1. The molecule has 0 saturated carbocycles. The summed E-state index contributed by atoms with van der Waals surface area (Å²) in [5.74, 6) is -0.367. The minimum atomic E-state index is -4.51. The molecule has 0 aliphatic carbocycles. The minimum Gasteiger partial charge on any atom is -0.501 e. The number of carbonyl (C=O) groups is 1. The molecule has 0 unspecified atom stereocenters. The molecule has 0 spiro atoms. The quantitative estimate of drug-likeness (QED) is 0.900. The largest absolute Gasteiger partial charge is 0.501 e. The second-order valence-corrected chi connectivity index (χ2v) is 6.07. The predicted molar refractivity (Wildman–Crippen MR) is 79.8 cm³/mol. The van der Waals surface area contributed by atoms with Gasteiger partial charge in [0.1, 0.15) is 0 Å². The van der Waals surface area contributed by atoms with E-state index in [-0.39, 0.29) is 24.4 Å². The van der Waals surface area contributed by atoms with Gasteiger partial charge >= 0.3 is 6.18 Å². The Balaban J connectivity index is 1.94. The Hall–Kier alpha value is -2.02. The summed E-state index contributed by atoms with van der Waals surface area (Å²) in [5.41, 5.74) is -0.312. The van der Waals surface area contributed by atoms with Gasteiger partial charge in [-0.1, -0.05) is 18.2 Å². The zero-order chi connectivity index (χ0) is 17.3. The SMILES string of the molecule is O=C(C1=COCCC1)N1C[C@H](O)C[C@@H]1c1ccccc1C(F)(F)F. The molecule has 2 aliphatic heterocycles. The molecule has 4 nitrogen and oxygen atoms in total. The molecule has 0 aromatic heterocycles. The van der Waals surface area contributed by atoms with E-state index in [9.17, 15) is 23.1 Å². The highest BCUT2D eigenvalue weighted by Crippen LogP contribution is 2.41. The summed E-state index contributed by atoms with van der Waals surface area (Å²) in [6.07, 6.45) is -2.66. The van der Waals surface area contributed by atoms with Gasteiger partial charge < -0.3 is 14.7 Å². The Morgan fingerprint density at radius 3 is 2.71 bits per heavy atom. The summed E-state index contributed by atoms with van der Waals surface area (Å²) in [5, 5.41) is 9.95. The van der Waals surface area contributed by atoms with E-state index in [0.29, 0.717) is 25.0 Å². The van der Waals surface area contributed by atoms with E-state index < -0.39 is 23.9 Å². The Kier molecular flexibility index (Phi) is 4.54. The highest BCUT2D eigenvalue weighted by atomic mass is 19.4. The van der Waals surface area contributed by atoms with Gasteiger partial charge in [0.25, 0.3) is 5.91 Å². The van der Waals surface area contributed by atoms with E-state index in [0.717, 1.165) is 6.07 Å². The van der Waals surface area contributed by atoms with Crippen molar-refractivity contribution in [2.24, 2.45) is 0 Å². The third-order valence-corrected chi connectivity index (χ3v) is 4.37. The summed E-state index contributed by atoms with van der Waals surface area (Å²) >= 11 is 0. The summed E-state index contributed by atoms with van der Waals surface area (Å²) in [6.45, 7) is 0.548. The first kappa shape index (κ1) is 16.8. The fourth-order valence-corrected chi connectivity index (χ4v) is 3.29. The monoisotopic (exact) mass is 341 g/mol. The number of hydrogen-bond acceptors (Lipinski definition) is 3. The Morgan fingerprint density at radius 2 is 2.04 bits per heavy atom. The molecule has 2 atom stereocenters. The first-order chi connectivity index (χ1) is 11.4. The molecule has 1 fully saturated rings. The first-order valence-corrected chi connectivity index (χ1v) is 7.83. The van der Waals surface area contributed by atoms with Crippen LogP contribution in [0.25, 0.3) is 0 Å². The lowest BCUT2D eigenvalue weighted by atomic mass is 9.97. The number of nitrogens with zero attached hydrogens (tertiary/aromatic N) is 1. The molecule has 2 aliphatic rings. The van der Waals surface area contributed by atoms with Crippen molar-refractivity contribution in [2.45, 2.75) is 37.6 Å². The minimum absolute atomic E-state index is 0.0206. The number of aliphatic hydroxyl groups is 1. The van der Waals surface area contributed by atoms with E-state index >= 15 is 0 Å². The summed E-state index contributed by atoms with van der Waals surface area (Å²) in [7, 11) is 0. The van der Waals surface area contributed by atoms with Crippen LogP contribution in [0.4, 0.5) is 13.2 Å². The second kappa shape index (κ2) is 6.47. The number of aliphatic hydroxyl groups excluding tert-OH is 1. The van der Waals surface area contributed by atoms with Crippen molar-refractivity contribution < 1.29 is 27.8 Å². The molecular weight excluding hydrogens is 323 g/mol. The number of alkyl halides is 3. The lowest BCUT2D eigenvalue weighted by Crippen LogP contribution is -2.34. The molecular formula is C17H18F3NO3. The van der Waals surface area contributed by atoms with Crippen molar-refractivity contribution in [3.05, 3.63) is 47.2 Å². The van der Waals surface area contributed by atoms with Crippen LogP contribution in [0.15, 0.2) is 36.1 Å². The number of benzene rings is 1. The second-order valence-electron chi connectivity index (χ2n) is 6.07. The Morgan fingerprint density at radius 1 is 1.29 bits per heavy atom. The molecule has 2 heterocycles. The number of rotatable bonds is 2. The van der Waals surface area contributed by atoms with Gasteiger partial charge in [-0.15, -0.1) is 0 Å². The number of amides is 1. The van der Waals surface area contributed by atoms with Crippen LogP contribution < -0.4 is 0 Å². The van der Waals surface area contributed by atoms with Crippen LogP contribution >= 0.6 is 0 Å². The van der Waals surface area contributed by atoms with Crippen molar-refractivity contribution in [3.8, 4) is 0 Å². The van der Waals surface area contributed by atoms with E-state index in [4.69, 9.17) is 4.74 Å². The predicted octanol–water partition coefficient (Wildman–Crippen LogP) is 3.03. The van der Waals surface area contributed by atoms with E-state index in [2.05, 4.69) is 0 Å². The highest BCUT2D eigenvalue weighted by molar-refractivity contribution is 5.93. The van der Waals surface area contributed by atoms with Gasteiger partial charge in [-0.05, 0) is 30.9 Å². The van der Waals surface area contributed by atoms with Gasteiger partial charge in [-0.3, -0.25) is 4.79 Å². The molecule has 130 valence electrons. The van der Waals surface area contributed by atoms with E-state index in [1.165, 1.54) is 29.4 Å². The average molecular weight is 341 g/mol. The normalized spacial score (nSPS) is 24.5. The van der Waals surface area contributed by atoms with Crippen molar-refractivity contribution in [3.63, 3.8) is 0 Å². The molecule has 0 bridgehead atoms. The van der Waals surface area contributed by atoms with Crippen molar-refractivity contribution in [2.75, 3.05) is 13.2 Å². The van der Waals surface area contributed by atoms with Gasteiger partial charge in [0.05, 0.1) is 36.2 Å². The topological polar surface area (TPSA) is 49.8 Å². The van der Waals surface area contributed by atoms with Crippen LogP contribution in [0, 0.1) is 0 Å². The molecule has 1 saturated heterocycles. The van der Waals surface area contributed by atoms with E-state index in [1.54, 1.807) is 0 Å². The fraction of sp³-hybridized carbons (Fsp3) is 0.471. The summed E-state index contributed by atoms with van der Waals surface area (Å²) < 4.78 is 45.0. The molecule has 7 heteroatoms. The smallest absolute Gasteiger partial charge is 0.416 e. The lowest BCUT2D eigenvalue weighted by Gasteiger charge is -2.28. The van der Waals surface area contributed by atoms with Crippen molar-refractivity contribution in [1.82, 2.24) is 4.90 Å². The zero-order valence-corrected chi connectivity index (χ0v) is 12.9. The van der Waals surface area contributed by atoms with Crippen molar-refractivity contribution in [1.29, 1.82) is 0 Å². The van der Waals surface area contributed by atoms with Crippen LogP contribution in [0.2, 0.25) is 0 Å². The maximum absolute atomic E-state index is 13.3. The fourth-order valence-electron chi connectivity index (χ4n) is 3.29. The van der Waals surface area contributed by atoms with Gasteiger partial charge in [0, 0.05) is 6.54 Å². The van der Waals surface area contributed by atoms with Gasteiger partial charge in [-0.25, -0.2) is 0 Å². The number of halogens is 3. The Labute approximate surface area is 137 Å². The number of carbonyl (C=O) groups excluding carboxylic acids is 1. The molecule has 24 heavy (non-hydrogen) atoms. The first-order valence-electron chi connectivity index (χ1n) is 7.83. The van der Waals surface area contributed by atoms with Crippen LogP contribution in [0.3, 0.4) is 0 Å². The molecule has 1 aromatic rings. The molecule has 0 radical (unpaired) electrons. The molecule has 1 amide bonds. The highest BCUT2D eigenvalue weighted by Gasteiger charge is 2.42. The van der Waals surface area contributed by atoms with Gasteiger partial charge in [0.2, 0.25) is 0 Å². The average Bonchev–Trinajstić information content (AvgIpc) is 2.96. The van der Waals surface area contributed by atoms with Gasteiger partial charge in [0.15, 0.2) is 0 Å². The summed E-state index contributed by atoms with van der Waals surface area (Å²) in [4.78, 5) is 14.0. The molecule has 1 N–H and O–H groups in total. The molecule has 3 rings (SSSR count). The van der Waals surface area contributed by atoms with E-state index in [1.807, 2.05) is 0 Å². The lowest BCUT2D eigenvalue weighted by molar-refractivity contribution is -0.139. The summed E-state index contributed by atoms with van der Waals surface area (Å²) in [6, 6.07) is 4.42. The van der Waals surface area contributed by atoms with Crippen molar-refractivity contribution >= 4 is 5.91 Å². The van der Waals surface area contributed by atoms with Gasteiger partial charge in [-0.2, -0.15) is 13.2 Å².